The SMILES string of the molecule is CC1(C)OCC(C)(c2ccnc(-c3cccc4cc([C@H](N)c5c(Cl)cnc(N)c5F)sc34)c2)O1. The molecule has 2 atom stereocenters. The van der Waals surface area contributed by atoms with Gasteiger partial charge in [-0.3, -0.25) is 4.98 Å². The Hall–Kier alpha value is -2.62. The maximum absolute atomic E-state index is 14.7. The number of hydrogen-bond acceptors (Lipinski definition) is 7. The number of nitrogens with zero attached hydrogens (tertiary/aromatic N) is 2. The van der Waals surface area contributed by atoms with Gasteiger partial charge in [0, 0.05) is 33.1 Å². The van der Waals surface area contributed by atoms with Gasteiger partial charge in [-0.1, -0.05) is 29.8 Å². The Morgan fingerprint density at radius 3 is 2.71 bits per heavy atom. The highest BCUT2D eigenvalue weighted by atomic mass is 35.5. The standard InChI is InChI=1S/C25H24ClFN4O2S/c1-24(2)32-12-25(3,33-24)14-7-8-30-17(10-14)15-6-4-5-13-9-18(34-22(13)15)21(28)19-16(26)11-31-23(29)20(19)27/h4-11,21H,12,28H2,1-3H3,(H2,29,31)/t21-,25?/m0/s1. The summed E-state index contributed by atoms with van der Waals surface area (Å²) in [7, 11) is 0. The molecule has 0 bridgehead atoms. The predicted molar refractivity (Wildman–Crippen MR) is 133 cm³/mol. The summed E-state index contributed by atoms with van der Waals surface area (Å²) in [6.45, 7) is 6.28. The molecule has 1 saturated heterocycles. The van der Waals surface area contributed by atoms with Gasteiger partial charge in [-0.2, -0.15) is 0 Å². The highest BCUT2D eigenvalue weighted by Crippen LogP contribution is 2.42. The fourth-order valence-electron chi connectivity index (χ4n) is 4.32. The number of aromatic nitrogens is 2. The molecule has 0 amide bonds. The summed E-state index contributed by atoms with van der Waals surface area (Å²) < 4.78 is 27.7. The average molecular weight is 499 g/mol. The van der Waals surface area contributed by atoms with Crippen LogP contribution in [0, 0.1) is 5.82 Å². The van der Waals surface area contributed by atoms with Gasteiger partial charge < -0.3 is 20.9 Å². The topological polar surface area (TPSA) is 96.3 Å². The molecule has 0 radical (unpaired) electrons. The maximum atomic E-state index is 14.7. The smallest absolute Gasteiger partial charge is 0.171 e. The van der Waals surface area contributed by atoms with Gasteiger partial charge >= 0.3 is 0 Å². The summed E-state index contributed by atoms with van der Waals surface area (Å²) >= 11 is 7.69. The number of hydrogen-bond donors (Lipinski definition) is 2. The summed E-state index contributed by atoms with van der Waals surface area (Å²) in [5.74, 6) is -1.57. The monoisotopic (exact) mass is 498 g/mol. The van der Waals surface area contributed by atoms with Crippen LogP contribution in [0.2, 0.25) is 5.02 Å². The molecule has 5 rings (SSSR count). The fraction of sp³-hybridized carbons (Fsp3) is 0.280. The van der Waals surface area contributed by atoms with Crippen molar-refractivity contribution in [2.75, 3.05) is 12.3 Å². The second-order valence-electron chi connectivity index (χ2n) is 9.02. The average Bonchev–Trinajstić information content (AvgIpc) is 3.37. The Labute approximate surface area is 205 Å². The van der Waals surface area contributed by atoms with Crippen molar-refractivity contribution in [1.82, 2.24) is 9.97 Å². The first kappa shape index (κ1) is 23.1. The van der Waals surface area contributed by atoms with Gasteiger partial charge in [-0.05, 0) is 49.9 Å². The van der Waals surface area contributed by atoms with Gasteiger partial charge in [0.15, 0.2) is 17.4 Å². The van der Waals surface area contributed by atoms with E-state index >= 15 is 0 Å². The van der Waals surface area contributed by atoms with Gasteiger partial charge in [0.2, 0.25) is 0 Å². The number of rotatable bonds is 4. The molecule has 34 heavy (non-hydrogen) atoms. The van der Waals surface area contributed by atoms with E-state index in [2.05, 4.69) is 9.97 Å². The summed E-state index contributed by atoms with van der Waals surface area (Å²) in [5.41, 5.74) is 14.4. The van der Waals surface area contributed by atoms with Gasteiger partial charge in [0.1, 0.15) is 5.60 Å². The van der Waals surface area contributed by atoms with Crippen LogP contribution in [0.3, 0.4) is 0 Å². The lowest BCUT2D eigenvalue weighted by atomic mass is 9.96. The van der Waals surface area contributed by atoms with Gasteiger partial charge in [-0.25, -0.2) is 9.37 Å². The Morgan fingerprint density at radius 2 is 1.97 bits per heavy atom. The van der Waals surface area contributed by atoms with E-state index in [0.29, 0.717) is 6.61 Å². The molecule has 4 heterocycles. The number of nitrogens with two attached hydrogens (primary N) is 2. The second kappa shape index (κ2) is 8.25. The first-order chi connectivity index (χ1) is 16.1. The minimum Gasteiger partial charge on any atom is -0.381 e. The number of thiophene rings is 1. The molecule has 0 aliphatic carbocycles. The number of fused-ring (bicyclic) bond motifs is 1. The number of ether oxygens (including phenoxy) is 2. The molecule has 176 valence electrons. The number of halogens is 2. The molecular weight excluding hydrogens is 475 g/mol. The zero-order valence-electron chi connectivity index (χ0n) is 18.9. The van der Waals surface area contributed by atoms with E-state index in [1.165, 1.54) is 17.5 Å². The summed E-state index contributed by atoms with van der Waals surface area (Å²) in [5, 5.41) is 1.12. The Kier molecular flexibility index (Phi) is 5.61. The van der Waals surface area contributed by atoms with Crippen LogP contribution in [0.5, 0.6) is 0 Å². The third-order valence-corrected chi connectivity index (χ3v) is 7.60. The molecule has 1 aliphatic heterocycles. The Balaban J connectivity index is 1.57. The summed E-state index contributed by atoms with van der Waals surface area (Å²) in [4.78, 5) is 9.14. The van der Waals surface area contributed by atoms with E-state index in [1.54, 1.807) is 6.20 Å². The number of anilines is 1. The van der Waals surface area contributed by atoms with Crippen molar-refractivity contribution in [2.45, 2.75) is 38.2 Å². The molecule has 1 aromatic carbocycles. The molecule has 0 saturated carbocycles. The van der Waals surface area contributed by atoms with Crippen LogP contribution < -0.4 is 11.5 Å². The minimum atomic E-state index is -0.785. The molecule has 1 aliphatic rings. The predicted octanol–water partition coefficient (Wildman–Crippen LogP) is 5.78. The van der Waals surface area contributed by atoms with Crippen molar-refractivity contribution in [2.24, 2.45) is 5.73 Å². The lowest BCUT2D eigenvalue weighted by Gasteiger charge is -2.25. The first-order valence-corrected chi connectivity index (χ1v) is 12.0. The molecule has 1 fully saturated rings. The van der Waals surface area contributed by atoms with E-state index in [1.807, 2.05) is 57.2 Å². The highest BCUT2D eigenvalue weighted by molar-refractivity contribution is 7.19. The lowest BCUT2D eigenvalue weighted by molar-refractivity contribution is -0.159. The van der Waals surface area contributed by atoms with Gasteiger partial charge in [0.25, 0.3) is 0 Å². The molecule has 3 aromatic heterocycles. The van der Waals surface area contributed by atoms with E-state index in [4.69, 9.17) is 32.5 Å². The lowest BCUT2D eigenvalue weighted by Crippen LogP contribution is -2.28. The van der Waals surface area contributed by atoms with Crippen LogP contribution in [0.15, 0.2) is 48.8 Å². The fourth-order valence-corrected chi connectivity index (χ4v) is 5.77. The maximum Gasteiger partial charge on any atom is 0.171 e. The number of pyridine rings is 2. The third kappa shape index (κ3) is 3.95. The molecule has 6 nitrogen and oxygen atoms in total. The van der Waals surface area contributed by atoms with Crippen LogP contribution in [0.25, 0.3) is 21.3 Å². The zero-order valence-corrected chi connectivity index (χ0v) is 20.5. The van der Waals surface area contributed by atoms with Crippen molar-refractivity contribution in [3.05, 3.63) is 75.6 Å². The summed E-state index contributed by atoms with van der Waals surface area (Å²) in [6.07, 6.45) is 3.10. The zero-order chi connectivity index (χ0) is 24.3. The molecule has 9 heteroatoms. The summed E-state index contributed by atoms with van der Waals surface area (Å²) in [6, 6.07) is 11.1. The van der Waals surface area contributed by atoms with Crippen molar-refractivity contribution in [3.63, 3.8) is 0 Å². The first-order valence-electron chi connectivity index (χ1n) is 10.8. The molecule has 4 aromatic rings. The normalized spacial score (nSPS) is 20.6. The Bertz CT molecular complexity index is 1410. The van der Waals surface area contributed by atoms with E-state index in [9.17, 15) is 4.39 Å². The van der Waals surface area contributed by atoms with Gasteiger partial charge in [-0.15, -0.1) is 11.3 Å². The van der Waals surface area contributed by atoms with Crippen molar-refractivity contribution >= 4 is 38.8 Å². The molecule has 1 unspecified atom stereocenters. The number of benzene rings is 1. The highest BCUT2D eigenvalue weighted by Gasteiger charge is 2.43. The van der Waals surface area contributed by atoms with Gasteiger partial charge in [0.05, 0.1) is 23.4 Å². The quantitative estimate of drug-likeness (QED) is 0.370. The molecule has 4 N–H and O–H groups in total. The Morgan fingerprint density at radius 1 is 1.18 bits per heavy atom. The van der Waals surface area contributed by atoms with Crippen LogP contribution >= 0.6 is 22.9 Å². The van der Waals surface area contributed by atoms with Crippen molar-refractivity contribution in [3.8, 4) is 11.3 Å². The van der Waals surface area contributed by atoms with Crippen LogP contribution in [0.1, 0.15) is 42.8 Å². The molecular formula is C25H24ClFN4O2S. The van der Waals surface area contributed by atoms with Crippen LogP contribution in [-0.4, -0.2) is 22.4 Å². The van der Waals surface area contributed by atoms with Crippen molar-refractivity contribution < 1.29 is 13.9 Å². The van der Waals surface area contributed by atoms with E-state index in [-0.39, 0.29) is 16.4 Å². The largest absolute Gasteiger partial charge is 0.381 e. The van der Waals surface area contributed by atoms with Crippen LogP contribution in [0.4, 0.5) is 10.2 Å². The molecule has 0 spiro atoms. The van der Waals surface area contributed by atoms with Crippen LogP contribution in [-0.2, 0) is 15.1 Å². The second-order valence-corrected chi connectivity index (χ2v) is 10.5. The number of nitrogen functional groups attached to an aromatic ring is 1. The third-order valence-electron chi connectivity index (χ3n) is 6.03. The van der Waals surface area contributed by atoms with E-state index < -0.39 is 23.2 Å². The minimum absolute atomic E-state index is 0.135. The van der Waals surface area contributed by atoms with Crippen molar-refractivity contribution in [1.29, 1.82) is 0 Å². The van der Waals surface area contributed by atoms with E-state index in [0.717, 1.165) is 31.8 Å².